The molecule has 8 nitrogen and oxygen atoms in total. The number of halogens is 1. The van der Waals surface area contributed by atoms with Crippen molar-refractivity contribution in [1.82, 2.24) is 10.2 Å². The maximum atomic E-state index is 12.4. The minimum atomic E-state index is -3.34. The predicted molar refractivity (Wildman–Crippen MR) is 106 cm³/mol. The van der Waals surface area contributed by atoms with Crippen LogP contribution in [0, 0.1) is 0 Å². The number of aromatic nitrogens is 2. The Balaban J connectivity index is 1.43. The van der Waals surface area contributed by atoms with Crippen LogP contribution in [-0.4, -0.2) is 37.4 Å². The quantitative estimate of drug-likeness (QED) is 0.569. The highest BCUT2D eigenvalue weighted by Crippen LogP contribution is 2.31. The molecule has 1 aliphatic rings. The number of ether oxygens (including phenoxy) is 1. The maximum absolute atomic E-state index is 12.4. The Morgan fingerprint density at radius 3 is 2.69 bits per heavy atom. The summed E-state index contributed by atoms with van der Waals surface area (Å²) in [4.78, 5) is 12.4. The van der Waals surface area contributed by atoms with Crippen LogP contribution in [0.2, 0.25) is 5.02 Å². The molecule has 3 aromatic rings. The molecule has 0 fully saturated rings. The van der Waals surface area contributed by atoms with E-state index in [1.165, 1.54) is 10.4 Å². The number of fused-ring (bicyclic) bond motifs is 1. The van der Waals surface area contributed by atoms with Gasteiger partial charge in [0, 0.05) is 17.1 Å². The van der Waals surface area contributed by atoms with Gasteiger partial charge in [-0.15, -0.1) is 10.2 Å². The second-order valence-corrected chi connectivity index (χ2v) is 8.86. The molecule has 0 unspecified atom stereocenters. The van der Waals surface area contributed by atoms with Crippen molar-refractivity contribution in [3.05, 3.63) is 64.5 Å². The standard InChI is InChI=1S/C19H16ClN3O5S/c1-29(25,26)23-9-8-13-10-14(4-7-16(13)23)19(24)27-11-17-21-22-18(28-17)12-2-5-15(20)6-3-12/h2-7,10H,8-9,11H2,1H3. The number of sulfonamides is 1. The van der Waals surface area contributed by atoms with Gasteiger partial charge in [-0.05, 0) is 54.4 Å². The molecule has 0 spiro atoms. The lowest BCUT2D eigenvalue weighted by Gasteiger charge is -2.16. The first-order valence-corrected chi connectivity index (χ1v) is 10.9. The molecule has 0 aliphatic carbocycles. The molecule has 4 rings (SSSR count). The van der Waals surface area contributed by atoms with Crippen LogP contribution >= 0.6 is 11.6 Å². The van der Waals surface area contributed by atoms with E-state index in [1.807, 2.05) is 0 Å². The van der Waals surface area contributed by atoms with E-state index in [0.29, 0.717) is 40.7 Å². The van der Waals surface area contributed by atoms with E-state index in [0.717, 1.165) is 11.8 Å². The van der Waals surface area contributed by atoms with Crippen LogP contribution in [-0.2, 0) is 27.8 Å². The summed E-state index contributed by atoms with van der Waals surface area (Å²) in [5.41, 5.74) is 2.41. The van der Waals surface area contributed by atoms with E-state index in [9.17, 15) is 13.2 Å². The Morgan fingerprint density at radius 1 is 1.21 bits per heavy atom. The summed E-state index contributed by atoms with van der Waals surface area (Å²) >= 11 is 5.86. The van der Waals surface area contributed by atoms with E-state index in [4.69, 9.17) is 20.8 Å². The van der Waals surface area contributed by atoms with Crippen molar-refractivity contribution in [1.29, 1.82) is 0 Å². The molecule has 1 aromatic heterocycles. The fraction of sp³-hybridized carbons (Fsp3) is 0.211. The highest BCUT2D eigenvalue weighted by atomic mass is 35.5. The molecule has 29 heavy (non-hydrogen) atoms. The van der Waals surface area contributed by atoms with Gasteiger partial charge < -0.3 is 9.15 Å². The molecular weight excluding hydrogens is 418 g/mol. The summed E-state index contributed by atoms with van der Waals surface area (Å²) in [5, 5.41) is 8.40. The summed E-state index contributed by atoms with van der Waals surface area (Å²) < 4.78 is 35.7. The molecule has 0 N–H and O–H groups in total. The number of anilines is 1. The van der Waals surface area contributed by atoms with Crippen LogP contribution < -0.4 is 4.31 Å². The number of carbonyl (C=O) groups excluding carboxylic acids is 1. The fourth-order valence-electron chi connectivity index (χ4n) is 3.07. The van der Waals surface area contributed by atoms with Crippen LogP contribution in [0.1, 0.15) is 21.8 Å². The average molecular weight is 434 g/mol. The number of nitrogens with zero attached hydrogens (tertiary/aromatic N) is 3. The lowest BCUT2D eigenvalue weighted by Crippen LogP contribution is -2.27. The van der Waals surface area contributed by atoms with Crippen molar-refractivity contribution >= 4 is 33.3 Å². The van der Waals surface area contributed by atoms with E-state index in [-0.39, 0.29) is 12.5 Å². The Labute approximate surface area is 172 Å². The van der Waals surface area contributed by atoms with Gasteiger partial charge in [0.25, 0.3) is 5.89 Å². The summed E-state index contributed by atoms with van der Waals surface area (Å²) in [6.45, 7) is 0.189. The van der Waals surface area contributed by atoms with Gasteiger partial charge in [0.05, 0.1) is 17.5 Å². The smallest absolute Gasteiger partial charge is 0.338 e. The average Bonchev–Trinajstić information content (AvgIpc) is 3.33. The van der Waals surface area contributed by atoms with Crippen LogP contribution in [0.5, 0.6) is 0 Å². The molecule has 0 radical (unpaired) electrons. The molecule has 150 valence electrons. The van der Waals surface area contributed by atoms with Gasteiger partial charge >= 0.3 is 5.97 Å². The second-order valence-electron chi connectivity index (χ2n) is 6.51. The molecule has 0 saturated heterocycles. The summed E-state index contributed by atoms with van der Waals surface area (Å²) in [6, 6.07) is 11.7. The Hall–Kier alpha value is -2.91. The SMILES string of the molecule is CS(=O)(=O)N1CCc2cc(C(=O)OCc3nnc(-c4ccc(Cl)cc4)o3)ccc21. The number of hydrogen-bond donors (Lipinski definition) is 0. The van der Waals surface area contributed by atoms with Gasteiger partial charge in [-0.1, -0.05) is 11.6 Å². The molecule has 0 saturated carbocycles. The van der Waals surface area contributed by atoms with Crippen LogP contribution in [0.3, 0.4) is 0 Å². The highest BCUT2D eigenvalue weighted by molar-refractivity contribution is 7.92. The highest BCUT2D eigenvalue weighted by Gasteiger charge is 2.27. The van der Waals surface area contributed by atoms with Crippen molar-refractivity contribution in [2.45, 2.75) is 13.0 Å². The first-order chi connectivity index (χ1) is 13.8. The van der Waals surface area contributed by atoms with Crippen LogP contribution in [0.4, 0.5) is 5.69 Å². The molecule has 2 aromatic carbocycles. The zero-order chi connectivity index (χ0) is 20.6. The van der Waals surface area contributed by atoms with Gasteiger partial charge in [0.1, 0.15) is 0 Å². The monoisotopic (exact) mass is 433 g/mol. The molecule has 2 heterocycles. The predicted octanol–water partition coefficient (Wildman–Crippen LogP) is 3.07. The van der Waals surface area contributed by atoms with E-state index in [2.05, 4.69) is 10.2 Å². The normalized spacial score (nSPS) is 13.4. The fourth-order valence-corrected chi connectivity index (χ4v) is 4.16. The van der Waals surface area contributed by atoms with Crippen molar-refractivity contribution < 1.29 is 22.4 Å². The van der Waals surface area contributed by atoms with E-state index < -0.39 is 16.0 Å². The Bertz CT molecular complexity index is 1170. The summed E-state index contributed by atoms with van der Waals surface area (Å²) in [7, 11) is -3.34. The van der Waals surface area contributed by atoms with Gasteiger partial charge in [-0.2, -0.15) is 0 Å². The van der Waals surface area contributed by atoms with Crippen LogP contribution in [0.25, 0.3) is 11.5 Å². The number of esters is 1. The summed E-state index contributed by atoms with van der Waals surface area (Å²) in [6.07, 6.45) is 1.70. The third-order valence-electron chi connectivity index (χ3n) is 4.45. The molecule has 1 aliphatic heterocycles. The van der Waals surface area contributed by atoms with Gasteiger partial charge in [-0.25, -0.2) is 13.2 Å². The van der Waals surface area contributed by atoms with Gasteiger partial charge in [-0.3, -0.25) is 4.31 Å². The van der Waals surface area contributed by atoms with E-state index in [1.54, 1.807) is 36.4 Å². The number of hydrogen-bond acceptors (Lipinski definition) is 7. The Morgan fingerprint density at radius 2 is 1.97 bits per heavy atom. The van der Waals surface area contributed by atoms with Gasteiger partial charge in [0.2, 0.25) is 15.9 Å². The van der Waals surface area contributed by atoms with E-state index >= 15 is 0 Å². The minimum Gasteiger partial charge on any atom is -0.452 e. The van der Waals surface area contributed by atoms with Crippen molar-refractivity contribution in [3.8, 4) is 11.5 Å². The molecule has 0 atom stereocenters. The lowest BCUT2D eigenvalue weighted by atomic mass is 10.1. The number of rotatable bonds is 5. The van der Waals surface area contributed by atoms with Gasteiger partial charge in [0.15, 0.2) is 6.61 Å². The molecule has 10 heteroatoms. The maximum Gasteiger partial charge on any atom is 0.338 e. The van der Waals surface area contributed by atoms with Crippen molar-refractivity contribution in [3.63, 3.8) is 0 Å². The van der Waals surface area contributed by atoms with Crippen molar-refractivity contribution in [2.24, 2.45) is 0 Å². The molecular formula is C19H16ClN3O5S. The van der Waals surface area contributed by atoms with Crippen LogP contribution in [0.15, 0.2) is 46.9 Å². The zero-order valence-corrected chi connectivity index (χ0v) is 16.9. The first kappa shape index (κ1) is 19.4. The molecule has 0 amide bonds. The van der Waals surface area contributed by atoms with Crippen molar-refractivity contribution in [2.75, 3.05) is 17.1 Å². The zero-order valence-electron chi connectivity index (χ0n) is 15.3. The third kappa shape index (κ3) is 4.10. The first-order valence-electron chi connectivity index (χ1n) is 8.67. The Kier molecular flexibility index (Phi) is 5.01. The largest absolute Gasteiger partial charge is 0.452 e. The minimum absolute atomic E-state index is 0.160. The molecule has 0 bridgehead atoms. The third-order valence-corrected chi connectivity index (χ3v) is 5.89. The second kappa shape index (κ2) is 7.49. The summed E-state index contributed by atoms with van der Waals surface area (Å²) in [5.74, 6) is -0.101. The topological polar surface area (TPSA) is 103 Å². The number of carbonyl (C=O) groups is 1. The lowest BCUT2D eigenvalue weighted by molar-refractivity contribution is 0.0438. The number of benzene rings is 2.